The summed E-state index contributed by atoms with van der Waals surface area (Å²) in [6, 6.07) is 6.04. The summed E-state index contributed by atoms with van der Waals surface area (Å²) >= 11 is 0. The Labute approximate surface area is 121 Å². The molecular weight excluding hydrogens is 282 g/mol. The molecule has 1 aromatic carbocycles. The Morgan fingerprint density at radius 3 is 2.95 bits per heavy atom. The number of ether oxygens (including phenoxy) is 1. The van der Waals surface area contributed by atoms with E-state index in [0.717, 1.165) is 19.4 Å². The van der Waals surface area contributed by atoms with Gasteiger partial charge in [0.05, 0.1) is 18.8 Å². The lowest BCUT2D eigenvalue weighted by Crippen LogP contribution is -2.38. The lowest BCUT2D eigenvalue weighted by Gasteiger charge is -2.22. The first-order chi connectivity index (χ1) is 10.1. The SMILES string of the molecule is O=C(CN1CCC[C@@H]1CO)Nc1ccccc1OC(F)F. The normalized spacial score (nSPS) is 19.0. The third-order valence-electron chi connectivity index (χ3n) is 3.43. The van der Waals surface area contributed by atoms with E-state index in [9.17, 15) is 18.7 Å². The molecule has 0 spiro atoms. The van der Waals surface area contributed by atoms with Crippen LogP contribution in [0.1, 0.15) is 12.8 Å². The third kappa shape index (κ3) is 4.37. The number of para-hydroxylation sites is 2. The quantitative estimate of drug-likeness (QED) is 0.839. The van der Waals surface area contributed by atoms with Gasteiger partial charge in [-0.3, -0.25) is 9.69 Å². The van der Waals surface area contributed by atoms with Crippen molar-refractivity contribution in [1.82, 2.24) is 4.90 Å². The Morgan fingerprint density at radius 1 is 1.48 bits per heavy atom. The van der Waals surface area contributed by atoms with E-state index in [1.165, 1.54) is 12.1 Å². The largest absolute Gasteiger partial charge is 0.433 e. The molecule has 2 N–H and O–H groups in total. The monoisotopic (exact) mass is 300 g/mol. The number of carbonyl (C=O) groups excluding carboxylic acids is 1. The zero-order valence-electron chi connectivity index (χ0n) is 11.5. The Bertz CT molecular complexity index is 485. The number of aliphatic hydroxyl groups excluding tert-OH is 1. The van der Waals surface area contributed by atoms with E-state index in [1.54, 1.807) is 12.1 Å². The molecule has 1 amide bonds. The molecule has 0 bridgehead atoms. The van der Waals surface area contributed by atoms with Crippen LogP contribution in [0.3, 0.4) is 0 Å². The second-order valence-electron chi connectivity index (χ2n) is 4.87. The van der Waals surface area contributed by atoms with Gasteiger partial charge in [-0.1, -0.05) is 12.1 Å². The molecule has 1 atom stereocenters. The van der Waals surface area contributed by atoms with Crippen molar-refractivity contribution in [3.05, 3.63) is 24.3 Å². The van der Waals surface area contributed by atoms with Crippen molar-refractivity contribution in [3.8, 4) is 5.75 Å². The van der Waals surface area contributed by atoms with Crippen LogP contribution in [0, 0.1) is 0 Å². The van der Waals surface area contributed by atoms with Crippen LogP contribution in [0.4, 0.5) is 14.5 Å². The van der Waals surface area contributed by atoms with Crippen molar-refractivity contribution in [2.24, 2.45) is 0 Å². The molecule has 1 heterocycles. The van der Waals surface area contributed by atoms with E-state index in [2.05, 4.69) is 10.1 Å². The molecule has 1 fully saturated rings. The fourth-order valence-electron chi connectivity index (χ4n) is 2.45. The Hall–Kier alpha value is -1.73. The Kier molecular flexibility index (Phi) is 5.46. The van der Waals surface area contributed by atoms with Gasteiger partial charge >= 0.3 is 6.61 Å². The van der Waals surface area contributed by atoms with Crippen LogP contribution in [-0.4, -0.2) is 48.3 Å². The topological polar surface area (TPSA) is 61.8 Å². The first-order valence-electron chi connectivity index (χ1n) is 6.78. The molecule has 1 aliphatic heterocycles. The summed E-state index contributed by atoms with van der Waals surface area (Å²) in [4.78, 5) is 13.9. The van der Waals surface area contributed by atoms with Crippen LogP contribution in [0.5, 0.6) is 5.75 Å². The highest BCUT2D eigenvalue weighted by Gasteiger charge is 2.25. The zero-order valence-corrected chi connectivity index (χ0v) is 11.5. The predicted octanol–water partition coefficient (Wildman–Crippen LogP) is 1.68. The van der Waals surface area contributed by atoms with Gasteiger partial charge in [0.25, 0.3) is 0 Å². The average molecular weight is 300 g/mol. The maximum Gasteiger partial charge on any atom is 0.387 e. The molecule has 2 rings (SSSR count). The van der Waals surface area contributed by atoms with E-state index >= 15 is 0 Å². The summed E-state index contributed by atoms with van der Waals surface area (Å²) in [6.07, 6.45) is 1.79. The van der Waals surface area contributed by atoms with Crippen LogP contribution in [0.2, 0.25) is 0 Å². The second-order valence-corrected chi connectivity index (χ2v) is 4.87. The number of hydrogen-bond donors (Lipinski definition) is 2. The van der Waals surface area contributed by atoms with Crippen molar-refractivity contribution in [3.63, 3.8) is 0 Å². The van der Waals surface area contributed by atoms with Crippen molar-refractivity contribution >= 4 is 11.6 Å². The van der Waals surface area contributed by atoms with Crippen LogP contribution >= 0.6 is 0 Å². The number of rotatable bonds is 6. The maximum atomic E-state index is 12.3. The number of amides is 1. The highest BCUT2D eigenvalue weighted by molar-refractivity contribution is 5.93. The van der Waals surface area contributed by atoms with Gasteiger partial charge in [-0.15, -0.1) is 0 Å². The number of nitrogens with one attached hydrogen (secondary N) is 1. The number of alkyl halides is 2. The maximum absolute atomic E-state index is 12.3. The highest BCUT2D eigenvalue weighted by atomic mass is 19.3. The van der Waals surface area contributed by atoms with E-state index in [-0.39, 0.29) is 36.5 Å². The van der Waals surface area contributed by atoms with E-state index in [1.807, 2.05) is 4.90 Å². The van der Waals surface area contributed by atoms with E-state index < -0.39 is 6.61 Å². The highest BCUT2D eigenvalue weighted by Crippen LogP contribution is 2.25. The number of aliphatic hydroxyl groups is 1. The van der Waals surface area contributed by atoms with Crippen LogP contribution in [-0.2, 0) is 4.79 Å². The number of benzene rings is 1. The molecule has 116 valence electrons. The van der Waals surface area contributed by atoms with Gasteiger partial charge in [-0.05, 0) is 31.5 Å². The number of anilines is 1. The van der Waals surface area contributed by atoms with E-state index in [0.29, 0.717) is 0 Å². The second kappa shape index (κ2) is 7.33. The summed E-state index contributed by atoms with van der Waals surface area (Å²) in [5.41, 5.74) is 0.211. The predicted molar refractivity (Wildman–Crippen MR) is 73.4 cm³/mol. The molecular formula is C14H18F2N2O3. The summed E-state index contributed by atoms with van der Waals surface area (Å²) < 4.78 is 28.9. The molecule has 1 aromatic rings. The first kappa shape index (κ1) is 15.7. The lowest BCUT2D eigenvalue weighted by atomic mass is 10.2. The Morgan fingerprint density at radius 2 is 2.24 bits per heavy atom. The first-order valence-corrected chi connectivity index (χ1v) is 6.78. The van der Waals surface area contributed by atoms with Gasteiger partial charge in [0, 0.05) is 6.04 Å². The molecule has 0 unspecified atom stereocenters. The number of halogens is 2. The fourth-order valence-corrected chi connectivity index (χ4v) is 2.45. The van der Waals surface area contributed by atoms with Gasteiger partial charge in [-0.25, -0.2) is 0 Å². The smallest absolute Gasteiger partial charge is 0.387 e. The number of nitrogens with zero attached hydrogens (tertiary/aromatic N) is 1. The molecule has 0 aliphatic carbocycles. The standard InChI is InChI=1S/C14H18F2N2O3/c15-14(16)21-12-6-2-1-5-11(12)17-13(20)8-18-7-3-4-10(18)9-19/h1-2,5-6,10,14,19H,3-4,7-9H2,(H,17,20)/t10-/m1/s1. The van der Waals surface area contributed by atoms with Gasteiger partial charge in [-0.2, -0.15) is 8.78 Å². The summed E-state index contributed by atoms with van der Waals surface area (Å²) in [7, 11) is 0. The number of hydrogen-bond acceptors (Lipinski definition) is 4. The minimum absolute atomic E-state index is 0.0108. The van der Waals surface area contributed by atoms with Gasteiger partial charge in [0.15, 0.2) is 0 Å². The fraction of sp³-hybridized carbons (Fsp3) is 0.500. The zero-order chi connectivity index (χ0) is 15.2. The molecule has 5 nitrogen and oxygen atoms in total. The van der Waals surface area contributed by atoms with Crippen LogP contribution in [0.15, 0.2) is 24.3 Å². The third-order valence-corrected chi connectivity index (χ3v) is 3.43. The van der Waals surface area contributed by atoms with Crippen LogP contribution in [0.25, 0.3) is 0 Å². The minimum Gasteiger partial charge on any atom is -0.433 e. The molecule has 1 aliphatic rings. The van der Waals surface area contributed by atoms with Crippen LogP contribution < -0.4 is 10.1 Å². The van der Waals surface area contributed by atoms with Crippen molar-refractivity contribution in [2.75, 3.05) is 25.0 Å². The molecule has 0 radical (unpaired) electrons. The molecule has 7 heteroatoms. The lowest BCUT2D eigenvalue weighted by molar-refractivity contribution is -0.117. The summed E-state index contributed by atoms with van der Waals surface area (Å²) in [6.45, 7) is -2.07. The van der Waals surface area contributed by atoms with Gasteiger partial charge < -0.3 is 15.2 Å². The molecule has 0 saturated carbocycles. The van der Waals surface area contributed by atoms with Crippen molar-refractivity contribution < 1.29 is 23.4 Å². The molecule has 21 heavy (non-hydrogen) atoms. The van der Waals surface area contributed by atoms with Crippen molar-refractivity contribution in [1.29, 1.82) is 0 Å². The number of carbonyl (C=O) groups is 1. The molecule has 1 saturated heterocycles. The minimum atomic E-state index is -2.94. The average Bonchev–Trinajstić information content (AvgIpc) is 2.87. The Balaban J connectivity index is 1.96. The van der Waals surface area contributed by atoms with Gasteiger partial charge in [0.1, 0.15) is 5.75 Å². The van der Waals surface area contributed by atoms with Gasteiger partial charge in [0.2, 0.25) is 5.91 Å². The molecule has 0 aromatic heterocycles. The van der Waals surface area contributed by atoms with Crippen molar-refractivity contribution in [2.45, 2.75) is 25.5 Å². The summed E-state index contributed by atoms with van der Waals surface area (Å²) in [5.74, 6) is -0.387. The number of likely N-dealkylation sites (tertiary alicyclic amines) is 1. The van der Waals surface area contributed by atoms with E-state index in [4.69, 9.17) is 0 Å². The summed E-state index contributed by atoms with van der Waals surface area (Å²) in [5, 5.41) is 11.8.